The summed E-state index contributed by atoms with van der Waals surface area (Å²) in [6.07, 6.45) is 4.45. The van der Waals surface area contributed by atoms with Crippen molar-refractivity contribution >= 4 is 5.57 Å². The van der Waals surface area contributed by atoms with Gasteiger partial charge >= 0.3 is 0 Å². The second-order valence-corrected chi connectivity index (χ2v) is 5.27. The molecule has 0 saturated carbocycles. The summed E-state index contributed by atoms with van der Waals surface area (Å²) in [5, 5.41) is 3.52. The zero-order valence-corrected chi connectivity index (χ0v) is 11.9. The van der Waals surface area contributed by atoms with Crippen molar-refractivity contribution in [1.29, 1.82) is 0 Å². The van der Waals surface area contributed by atoms with Gasteiger partial charge in [0, 0.05) is 11.8 Å². The molecule has 0 bridgehead atoms. The van der Waals surface area contributed by atoms with Crippen LogP contribution in [-0.4, -0.2) is 0 Å². The van der Waals surface area contributed by atoms with Crippen molar-refractivity contribution < 1.29 is 0 Å². The van der Waals surface area contributed by atoms with E-state index < -0.39 is 0 Å². The lowest BCUT2D eigenvalue weighted by molar-refractivity contribution is 0.737. The second-order valence-electron chi connectivity index (χ2n) is 5.27. The van der Waals surface area contributed by atoms with E-state index in [2.05, 4.69) is 86.0 Å². The molecule has 0 fully saturated rings. The number of benzene rings is 2. The van der Waals surface area contributed by atoms with Crippen LogP contribution in [0.5, 0.6) is 0 Å². The molecular weight excluding hydrogens is 242 g/mol. The van der Waals surface area contributed by atoms with Crippen LogP contribution in [0.1, 0.15) is 29.7 Å². The Bertz CT molecular complexity index is 665. The monoisotopic (exact) mass is 261 g/mol. The van der Waals surface area contributed by atoms with Gasteiger partial charge in [0.05, 0.1) is 6.04 Å². The van der Waals surface area contributed by atoms with Crippen LogP contribution in [0.25, 0.3) is 5.57 Å². The maximum absolute atomic E-state index is 3.52. The molecule has 0 amide bonds. The maximum atomic E-state index is 3.52. The predicted octanol–water partition coefficient (Wildman–Crippen LogP) is 4.63. The average molecular weight is 261 g/mol. The molecule has 0 aliphatic carbocycles. The van der Waals surface area contributed by atoms with Gasteiger partial charge in [0.25, 0.3) is 0 Å². The number of nitrogens with one attached hydrogen (secondary N) is 1. The van der Waals surface area contributed by atoms with Gasteiger partial charge in [0.15, 0.2) is 0 Å². The first-order chi connectivity index (χ1) is 9.75. The second kappa shape index (κ2) is 5.38. The minimum absolute atomic E-state index is 0.267. The summed E-state index contributed by atoms with van der Waals surface area (Å²) in [6.45, 7) is 4.35. The van der Waals surface area contributed by atoms with Crippen LogP contribution in [-0.2, 0) is 0 Å². The molecule has 2 aromatic rings. The minimum atomic E-state index is 0.267. The lowest BCUT2D eigenvalue weighted by Crippen LogP contribution is -2.19. The fourth-order valence-corrected chi connectivity index (χ4v) is 2.72. The van der Waals surface area contributed by atoms with E-state index >= 15 is 0 Å². The number of hydrogen-bond donors (Lipinski definition) is 1. The van der Waals surface area contributed by atoms with E-state index in [1.807, 2.05) is 0 Å². The average Bonchev–Trinajstić information content (AvgIpc) is 2.48. The molecule has 0 spiro atoms. The summed E-state index contributed by atoms with van der Waals surface area (Å²) < 4.78 is 0. The summed E-state index contributed by atoms with van der Waals surface area (Å²) in [5.41, 5.74) is 6.52. The van der Waals surface area contributed by atoms with E-state index in [1.165, 1.54) is 27.8 Å². The van der Waals surface area contributed by atoms with Crippen LogP contribution in [0.3, 0.4) is 0 Å². The van der Waals surface area contributed by atoms with Crippen molar-refractivity contribution in [3.63, 3.8) is 0 Å². The van der Waals surface area contributed by atoms with Crippen LogP contribution in [0.15, 0.2) is 72.4 Å². The molecule has 20 heavy (non-hydrogen) atoms. The molecule has 1 heterocycles. The van der Waals surface area contributed by atoms with Gasteiger partial charge in [-0.15, -0.1) is 0 Å². The van der Waals surface area contributed by atoms with Gasteiger partial charge in [0.1, 0.15) is 0 Å². The van der Waals surface area contributed by atoms with E-state index in [4.69, 9.17) is 0 Å². The van der Waals surface area contributed by atoms with Crippen molar-refractivity contribution in [3.8, 4) is 0 Å². The van der Waals surface area contributed by atoms with Crippen LogP contribution in [0.2, 0.25) is 0 Å². The molecule has 1 aliphatic heterocycles. The molecule has 0 aromatic heterocycles. The van der Waals surface area contributed by atoms with Crippen LogP contribution >= 0.6 is 0 Å². The van der Waals surface area contributed by atoms with Gasteiger partial charge in [-0.25, -0.2) is 0 Å². The lowest BCUT2D eigenvalue weighted by Gasteiger charge is -2.24. The van der Waals surface area contributed by atoms with E-state index in [-0.39, 0.29) is 6.04 Å². The maximum Gasteiger partial charge on any atom is 0.0701 e. The van der Waals surface area contributed by atoms with Gasteiger partial charge in [-0.3, -0.25) is 0 Å². The van der Waals surface area contributed by atoms with Gasteiger partial charge in [-0.05, 0) is 36.1 Å². The predicted molar refractivity (Wildman–Crippen MR) is 85.2 cm³/mol. The van der Waals surface area contributed by atoms with Crippen molar-refractivity contribution in [2.24, 2.45) is 0 Å². The molecule has 1 aliphatic rings. The van der Waals surface area contributed by atoms with Gasteiger partial charge in [-0.1, -0.05) is 60.7 Å². The quantitative estimate of drug-likeness (QED) is 0.831. The summed E-state index contributed by atoms with van der Waals surface area (Å²) >= 11 is 0. The minimum Gasteiger partial charge on any atom is -0.380 e. The topological polar surface area (TPSA) is 12.0 Å². The van der Waals surface area contributed by atoms with Crippen molar-refractivity contribution in [2.75, 3.05) is 0 Å². The number of rotatable bonds is 2. The normalized spacial score (nSPS) is 18.0. The van der Waals surface area contributed by atoms with E-state index in [9.17, 15) is 0 Å². The Morgan fingerprint density at radius 3 is 2.25 bits per heavy atom. The number of hydrogen-bond acceptors (Lipinski definition) is 1. The van der Waals surface area contributed by atoms with Gasteiger partial charge in [0.2, 0.25) is 0 Å². The van der Waals surface area contributed by atoms with Crippen molar-refractivity contribution in [2.45, 2.75) is 19.9 Å². The highest BCUT2D eigenvalue weighted by molar-refractivity contribution is 5.79. The third-order valence-electron chi connectivity index (χ3n) is 3.86. The van der Waals surface area contributed by atoms with Crippen LogP contribution in [0, 0.1) is 6.92 Å². The molecule has 1 unspecified atom stereocenters. The van der Waals surface area contributed by atoms with Crippen LogP contribution < -0.4 is 5.32 Å². The van der Waals surface area contributed by atoms with Gasteiger partial charge < -0.3 is 5.32 Å². The molecule has 1 N–H and O–H groups in total. The fourth-order valence-electron chi connectivity index (χ4n) is 2.72. The zero-order valence-electron chi connectivity index (χ0n) is 11.9. The first-order valence-corrected chi connectivity index (χ1v) is 7.01. The van der Waals surface area contributed by atoms with Crippen molar-refractivity contribution in [3.05, 3.63) is 89.1 Å². The Kier molecular flexibility index (Phi) is 3.42. The molecule has 1 heteroatoms. The fraction of sp³-hybridized carbons (Fsp3) is 0.158. The Balaban J connectivity index is 1.90. The third kappa shape index (κ3) is 2.39. The Morgan fingerprint density at radius 1 is 0.850 bits per heavy atom. The number of aryl methyl sites for hydroxylation is 1. The molecule has 0 radical (unpaired) electrons. The smallest absolute Gasteiger partial charge is 0.0701 e. The standard InChI is InChI=1S/C19H19N/c1-14-8-6-7-11-17(14)19-12-15(2)18(13-20-19)16-9-4-3-5-10-16/h3-13,19-20H,1-2H3. The SMILES string of the molecule is CC1=CC(c2ccccc2C)NC=C1c1ccccc1. The molecule has 1 nitrogen and oxygen atoms in total. The molecule has 2 aromatic carbocycles. The highest BCUT2D eigenvalue weighted by Crippen LogP contribution is 2.30. The Hall–Kier alpha value is -2.28. The zero-order chi connectivity index (χ0) is 13.9. The Morgan fingerprint density at radius 2 is 1.55 bits per heavy atom. The van der Waals surface area contributed by atoms with Crippen molar-refractivity contribution in [1.82, 2.24) is 5.32 Å². The highest BCUT2D eigenvalue weighted by Gasteiger charge is 2.16. The first kappa shape index (κ1) is 12.7. The van der Waals surface area contributed by atoms with E-state index in [0.29, 0.717) is 0 Å². The third-order valence-corrected chi connectivity index (χ3v) is 3.86. The summed E-state index contributed by atoms with van der Waals surface area (Å²) in [4.78, 5) is 0. The molecular formula is C19H19N. The lowest BCUT2D eigenvalue weighted by atomic mass is 9.92. The molecule has 1 atom stereocenters. The van der Waals surface area contributed by atoms with Crippen LogP contribution in [0.4, 0.5) is 0 Å². The number of dihydropyridines is 1. The summed E-state index contributed by atoms with van der Waals surface area (Å²) in [7, 11) is 0. The molecule has 0 saturated heterocycles. The largest absolute Gasteiger partial charge is 0.380 e. The number of allylic oxidation sites excluding steroid dienone is 2. The summed E-state index contributed by atoms with van der Waals surface area (Å²) in [5.74, 6) is 0. The van der Waals surface area contributed by atoms with E-state index in [1.54, 1.807) is 0 Å². The van der Waals surface area contributed by atoms with Gasteiger partial charge in [-0.2, -0.15) is 0 Å². The molecule has 100 valence electrons. The Labute approximate surface area is 120 Å². The van der Waals surface area contributed by atoms with E-state index in [0.717, 1.165) is 0 Å². The first-order valence-electron chi connectivity index (χ1n) is 7.01. The summed E-state index contributed by atoms with van der Waals surface area (Å²) in [6, 6.07) is 19.3. The molecule has 3 rings (SSSR count). The highest BCUT2D eigenvalue weighted by atomic mass is 14.9.